The number of allylic oxidation sites excluding steroid dienone is 1. The first-order valence-electron chi connectivity index (χ1n) is 13.8. The SMILES string of the molecule is CC(C)Cc1ccc2c(c1)[C@H]1C[C@@H]2OC/C=C/CCCCC(=O)N[C@@H](Cc2cc(F)cc(F)c2)[C@H](O)CN1. The molecule has 206 valence electrons. The van der Waals surface area contributed by atoms with E-state index >= 15 is 0 Å². The molecule has 1 amide bonds. The number of carbonyl (C=O) groups excluding carboxylic acids is 1. The van der Waals surface area contributed by atoms with Crippen LogP contribution in [0.2, 0.25) is 0 Å². The standard InChI is InChI=1S/C31H40F2N2O3/c1-20(2)12-21-9-10-25-26(15-21)27-18-30(25)38-11-7-5-3-4-6-8-31(37)35-28(29(36)19-34-27)16-22-13-23(32)17-24(33)14-22/h5,7,9-10,13-15,17,20,27-30,34,36H,3-4,6,8,11-12,16,18-19H2,1-2H3,(H,35,37)/b7-5+/t27-,28+,29-,30+/m1/s1. The molecule has 0 fully saturated rings. The van der Waals surface area contributed by atoms with Gasteiger partial charge < -0.3 is 20.5 Å². The number of halogens is 2. The summed E-state index contributed by atoms with van der Waals surface area (Å²) in [6.45, 7) is 5.14. The quantitative estimate of drug-likeness (QED) is 0.462. The van der Waals surface area contributed by atoms with Gasteiger partial charge in [-0.2, -0.15) is 0 Å². The molecule has 38 heavy (non-hydrogen) atoms. The summed E-state index contributed by atoms with van der Waals surface area (Å²) in [5, 5.41) is 17.6. The smallest absolute Gasteiger partial charge is 0.220 e. The Morgan fingerprint density at radius 3 is 2.58 bits per heavy atom. The maximum atomic E-state index is 13.8. The third kappa shape index (κ3) is 7.95. The molecule has 0 saturated carbocycles. The van der Waals surface area contributed by atoms with Crippen LogP contribution in [0.3, 0.4) is 0 Å². The monoisotopic (exact) mass is 526 g/mol. The van der Waals surface area contributed by atoms with Crippen molar-refractivity contribution in [3.05, 3.63) is 82.4 Å². The van der Waals surface area contributed by atoms with Gasteiger partial charge >= 0.3 is 0 Å². The van der Waals surface area contributed by atoms with Crippen molar-refractivity contribution >= 4 is 5.91 Å². The van der Waals surface area contributed by atoms with Crippen molar-refractivity contribution < 1.29 is 23.4 Å². The molecule has 4 atom stereocenters. The number of nitrogens with one attached hydrogen (secondary N) is 2. The number of hydrogen-bond donors (Lipinski definition) is 3. The Labute approximate surface area is 224 Å². The highest BCUT2D eigenvalue weighted by atomic mass is 19.1. The highest BCUT2D eigenvalue weighted by Crippen LogP contribution is 2.41. The summed E-state index contributed by atoms with van der Waals surface area (Å²) >= 11 is 0. The molecule has 2 aromatic rings. The summed E-state index contributed by atoms with van der Waals surface area (Å²) in [5.74, 6) is -0.994. The van der Waals surface area contributed by atoms with Crippen molar-refractivity contribution in [1.29, 1.82) is 0 Å². The molecule has 2 aliphatic rings. The fourth-order valence-corrected chi connectivity index (χ4v) is 5.49. The number of amides is 1. The molecule has 7 heteroatoms. The molecule has 2 bridgehead atoms. The maximum Gasteiger partial charge on any atom is 0.220 e. The van der Waals surface area contributed by atoms with Crippen molar-refractivity contribution in [2.24, 2.45) is 5.92 Å². The van der Waals surface area contributed by atoms with Crippen LogP contribution in [0.1, 0.15) is 80.4 Å². The van der Waals surface area contributed by atoms with Crippen LogP contribution < -0.4 is 10.6 Å². The largest absolute Gasteiger partial charge is 0.390 e. The minimum absolute atomic E-state index is 0.0145. The first-order chi connectivity index (χ1) is 18.3. The normalized spacial score (nSPS) is 26.0. The highest BCUT2D eigenvalue weighted by Gasteiger charge is 2.33. The number of aliphatic hydroxyl groups is 1. The lowest BCUT2D eigenvalue weighted by Crippen LogP contribution is -2.49. The molecular formula is C31H40F2N2O3. The number of hydrogen-bond acceptors (Lipinski definition) is 4. The summed E-state index contributed by atoms with van der Waals surface area (Å²) < 4.78 is 33.9. The number of rotatable bonds is 4. The Kier molecular flexibility index (Phi) is 10.1. The topological polar surface area (TPSA) is 70.6 Å². The predicted octanol–water partition coefficient (Wildman–Crippen LogP) is 5.47. The maximum absolute atomic E-state index is 13.8. The predicted molar refractivity (Wildman–Crippen MR) is 145 cm³/mol. The van der Waals surface area contributed by atoms with Gasteiger partial charge in [0.25, 0.3) is 0 Å². The average Bonchev–Trinajstić information content (AvgIpc) is 3.19. The van der Waals surface area contributed by atoms with Crippen molar-refractivity contribution in [3.63, 3.8) is 0 Å². The van der Waals surface area contributed by atoms with E-state index in [0.29, 0.717) is 30.9 Å². The van der Waals surface area contributed by atoms with Crippen molar-refractivity contribution in [2.75, 3.05) is 13.2 Å². The molecule has 4 rings (SSSR count). The summed E-state index contributed by atoms with van der Waals surface area (Å²) in [6, 6.07) is 9.19. The number of benzene rings is 2. The molecule has 1 heterocycles. The first-order valence-corrected chi connectivity index (χ1v) is 13.8. The molecule has 0 saturated heterocycles. The van der Waals surface area contributed by atoms with Gasteiger partial charge in [0.05, 0.1) is 24.9 Å². The number of fused-ring (bicyclic) bond motifs is 5. The van der Waals surface area contributed by atoms with Crippen LogP contribution >= 0.6 is 0 Å². The Morgan fingerprint density at radius 1 is 1.03 bits per heavy atom. The van der Waals surface area contributed by atoms with Gasteiger partial charge in [0.2, 0.25) is 5.91 Å². The lowest BCUT2D eigenvalue weighted by atomic mass is 9.97. The van der Waals surface area contributed by atoms with Gasteiger partial charge in [0.15, 0.2) is 0 Å². The van der Waals surface area contributed by atoms with Gasteiger partial charge in [-0.15, -0.1) is 0 Å². The third-order valence-corrected chi connectivity index (χ3v) is 7.31. The van der Waals surface area contributed by atoms with Crippen LogP contribution in [0.25, 0.3) is 0 Å². The fraction of sp³-hybridized carbons (Fsp3) is 0.516. The molecule has 0 spiro atoms. The lowest BCUT2D eigenvalue weighted by molar-refractivity contribution is -0.122. The van der Waals surface area contributed by atoms with E-state index in [4.69, 9.17) is 4.74 Å². The van der Waals surface area contributed by atoms with Crippen LogP contribution in [0.5, 0.6) is 0 Å². The van der Waals surface area contributed by atoms with Crippen LogP contribution in [0.15, 0.2) is 48.6 Å². The zero-order valence-corrected chi connectivity index (χ0v) is 22.4. The summed E-state index contributed by atoms with van der Waals surface area (Å²) in [6.07, 6.45) is 7.75. The average molecular weight is 527 g/mol. The second-order valence-electron chi connectivity index (χ2n) is 11.0. The van der Waals surface area contributed by atoms with E-state index < -0.39 is 23.8 Å². The second kappa shape index (κ2) is 13.5. The zero-order chi connectivity index (χ0) is 27.1. The number of ether oxygens (including phenoxy) is 1. The molecule has 5 nitrogen and oxygen atoms in total. The van der Waals surface area contributed by atoms with Gasteiger partial charge in [-0.1, -0.05) is 44.2 Å². The summed E-state index contributed by atoms with van der Waals surface area (Å²) in [5.41, 5.74) is 4.00. The highest BCUT2D eigenvalue weighted by molar-refractivity contribution is 5.76. The Hall–Kier alpha value is -2.61. The molecule has 0 aromatic heterocycles. The van der Waals surface area contributed by atoms with Crippen molar-refractivity contribution in [1.82, 2.24) is 10.6 Å². The number of β-amino-alcohol motifs (C(OH)–C–C–N with tert-alkyl or cyclic N) is 1. The minimum Gasteiger partial charge on any atom is -0.390 e. The minimum atomic E-state index is -0.954. The molecular weight excluding hydrogens is 486 g/mol. The van der Waals surface area contributed by atoms with Crippen LogP contribution in [0, 0.1) is 17.6 Å². The van der Waals surface area contributed by atoms with Crippen LogP contribution in [-0.4, -0.2) is 36.3 Å². The fourth-order valence-electron chi connectivity index (χ4n) is 5.49. The van der Waals surface area contributed by atoms with E-state index in [1.54, 1.807) is 0 Å². The van der Waals surface area contributed by atoms with Crippen molar-refractivity contribution in [2.45, 2.75) is 83.1 Å². The Bertz CT molecular complexity index is 1100. The molecule has 2 aromatic carbocycles. The van der Waals surface area contributed by atoms with E-state index in [1.165, 1.54) is 28.8 Å². The second-order valence-corrected chi connectivity index (χ2v) is 11.0. The van der Waals surface area contributed by atoms with E-state index in [1.807, 2.05) is 6.08 Å². The van der Waals surface area contributed by atoms with Gasteiger partial charge in [0.1, 0.15) is 11.6 Å². The Morgan fingerprint density at radius 2 is 1.82 bits per heavy atom. The summed E-state index contributed by atoms with van der Waals surface area (Å²) in [7, 11) is 0. The van der Waals surface area contributed by atoms with E-state index in [9.17, 15) is 18.7 Å². The Balaban J connectivity index is 1.56. The van der Waals surface area contributed by atoms with E-state index in [-0.39, 0.29) is 31.0 Å². The molecule has 0 unspecified atom stereocenters. The van der Waals surface area contributed by atoms with E-state index in [2.05, 4.69) is 48.8 Å². The molecule has 0 radical (unpaired) electrons. The van der Waals surface area contributed by atoms with Gasteiger partial charge in [-0.3, -0.25) is 4.79 Å². The summed E-state index contributed by atoms with van der Waals surface area (Å²) in [4.78, 5) is 12.7. The molecule has 1 aliphatic carbocycles. The lowest BCUT2D eigenvalue weighted by Gasteiger charge is -2.26. The molecule has 3 N–H and O–H groups in total. The van der Waals surface area contributed by atoms with Crippen LogP contribution in [-0.2, 0) is 22.4 Å². The van der Waals surface area contributed by atoms with Gasteiger partial charge in [-0.05, 0) is 78.8 Å². The number of aliphatic hydroxyl groups excluding tert-OH is 1. The van der Waals surface area contributed by atoms with Gasteiger partial charge in [0, 0.05) is 25.1 Å². The van der Waals surface area contributed by atoms with Crippen molar-refractivity contribution in [3.8, 4) is 0 Å². The van der Waals surface area contributed by atoms with Gasteiger partial charge in [-0.25, -0.2) is 8.78 Å². The first kappa shape index (κ1) is 28.4. The zero-order valence-electron chi connectivity index (χ0n) is 22.4. The number of carbonyl (C=O) groups is 1. The van der Waals surface area contributed by atoms with E-state index in [0.717, 1.165) is 31.7 Å². The third-order valence-electron chi connectivity index (χ3n) is 7.31. The molecule has 1 aliphatic heterocycles. The van der Waals surface area contributed by atoms with Crippen LogP contribution in [0.4, 0.5) is 8.78 Å².